The molecule has 2 N–H and O–H groups in total. The molecule has 0 saturated heterocycles. The molecule has 0 aliphatic rings. The molecule has 2 rings (SSSR count). The highest BCUT2D eigenvalue weighted by molar-refractivity contribution is 7.10. The lowest BCUT2D eigenvalue weighted by molar-refractivity contribution is -0.117. The number of carbonyl (C=O) groups excluding carboxylic acids is 2. The van der Waals surface area contributed by atoms with Crippen molar-refractivity contribution in [2.24, 2.45) is 0 Å². The molecule has 2 aromatic rings. The van der Waals surface area contributed by atoms with E-state index in [1.54, 1.807) is 18.2 Å². The molecule has 0 atom stereocenters. The molecule has 24 heavy (non-hydrogen) atoms. The van der Waals surface area contributed by atoms with Gasteiger partial charge in [0.05, 0.1) is 0 Å². The minimum atomic E-state index is -0.285. The number of hydrogen-bond donors (Lipinski definition) is 2. The number of unbranched alkanes of at least 4 members (excludes halogenated alkanes) is 1. The fourth-order valence-corrected chi connectivity index (χ4v) is 2.79. The zero-order valence-electron chi connectivity index (χ0n) is 14.0. The molecule has 0 spiro atoms. The Morgan fingerprint density at radius 2 is 2.04 bits per heavy atom. The standard InChI is InChI=1S/C19H22N2O2S/c1-3-4-10-20-19(23)17(13-16-9-6-11-24-16)21-18(22)15-8-5-7-14(2)12-15/h5-9,11-13H,3-4,10H2,1-2H3,(H,20,23)(H,21,22)/b17-13-. The molecule has 0 aliphatic heterocycles. The van der Waals surface area contributed by atoms with Gasteiger partial charge >= 0.3 is 0 Å². The monoisotopic (exact) mass is 342 g/mol. The molecular formula is C19H22N2O2S. The van der Waals surface area contributed by atoms with Gasteiger partial charge in [-0.25, -0.2) is 0 Å². The summed E-state index contributed by atoms with van der Waals surface area (Å²) in [4.78, 5) is 25.7. The summed E-state index contributed by atoms with van der Waals surface area (Å²) in [6.07, 6.45) is 3.61. The van der Waals surface area contributed by atoms with E-state index in [1.165, 1.54) is 11.3 Å². The lowest BCUT2D eigenvalue weighted by Crippen LogP contribution is -2.35. The summed E-state index contributed by atoms with van der Waals surface area (Å²) >= 11 is 1.51. The number of thiophene rings is 1. The van der Waals surface area contributed by atoms with E-state index in [9.17, 15) is 9.59 Å². The second-order valence-electron chi connectivity index (χ2n) is 5.51. The number of hydrogen-bond acceptors (Lipinski definition) is 3. The molecule has 0 saturated carbocycles. The van der Waals surface area contributed by atoms with Crippen LogP contribution in [0.15, 0.2) is 47.5 Å². The van der Waals surface area contributed by atoms with Crippen molar-refractivity contribution < 1.29 is 9.59 Å². The molecule has 1 aromatic heterocycles. The van der Waals surface area contributed by atoms with E-state index >= 15 is 0 Å². The van der Waals surface area contributed by atoms with Crippen molar-refractivity contribution in [1.29, 1.82) is 0 Å². The fraction of sp³-hybridized carbons (Fsp3) is 0.263. The summed E-state index contributed by atoms with van der Waals surface area (Å²) in [7, 11) is 0. The van der Waals surface area contributed by atoms with Crippen LogP contribution >= 0.6 is 11.3 Å². The first-order chi connectivity index (χ1) is 11.6. The molecule has 126 valence electrons. The number of benzene rings is 1. The Hall–Kier alpha value is -2.40. The van der Waals surface area contributed by atoms with E-state index in [2.05, 4.69) is 17.6 Å². The Labute approximate surface area is 146 Å². The highest BCUT2D eigenvalue weighted by atomic mass is 32.1. The van der Waals surface area contributed by atoms with Crippen LogP contribution in [-0.2, 0) is 4.79 Å². The molecule has 2 amide bonds. The van der Waals surface area contributed by atoms with Gasteiger partial charge < -0.3 is 10.6 Å². The fourth-order valence-electron chi connectivity index (χ4n) is 2.13. The summed E-state index contributed by atoms with van der Waals surface area (Å²) in [5.41, 5.74) is 1.80. The van der Waals surface area contributed by atoms with E-state index in [4.69, 9.17) is 0 Å². The van der Waals surface area contributed by atoms with Crippen molar-refractivity contribution in [3.8, 4) is 0 Å². The van der Waals surface area contributed by atoms with Gasteiger partial charge in [-0.1, -0.05) is 37.1 Å². The van der Waals surface area contributed by atoms with Gasteiger partial charge in [-0.3, -0.25) is 9.59 Å². The van der Waals surface area contributed by atoms with Crippen molar-refractivity contribution >= 4 is 29.2 Å². The third-order valence-electron chi connectivity index (χ3n) is 3.42. The van der Waals surface area contributed by atoms with Crippen LogP contribution in [0.4, 0.5) is 0 Å². The molecule has 1 heterocycles. The van der Waals surface area contributed by atoms with Crippen LogP contribution in [0.5, 0.6) is 0 Å². The number of nitrogens with one attached hydrogen (secondary N) is 2. The van der Waals surface area contributed by atoms with Crippen LogP contribution in [0.2, 0.25) is 0 Å². The van der Waals surface area contributed by atoms with Crippen LogP contribution in [0.3, 0.4) is 0 Å². The van der Waals surface area contributed by atoms with Crippen LogP contribution in [0, 0.1) is 6.92 Å². The molecule has 4 nitrogen and oxygen atoms in total. The number of rotatable bonds is 7. The average Bonchev–Trinajstić information content (AvgIpc) is 3.07. The van der Waals surface area contributed by atoms with Crippen molar-refractivity contribution in [1.82, 2.24) is 10.6 Å². The third kappa shape index (κ3) is 5.35. The second-order valence-corrected chi connectivity index (χ2v) is 6.49. The van der Waals surface area contributed by atoms with Gasteiger partial charge in [0.15, 0.2) is 0 Å². The maximum absolute atomic E-state index is 12.4. The Balaban J connectivity index is 2.16. The average molecular weight is 342 g/mol. The Kier molecular flexibility index (Phi) is 6.75. The van der Waals surface area contributed by atoms with Crippen LogP contribution in [-0.4, -0.2) is 18.4 Å². The lowest BCUT2D eigenvalue weighted by atomic mass is 10.1. The number of carbonyl (C=O) groups is 2. The molecule has 0 aliphatic carbocycles. The van der Waals surface area contributed by atoms with Crippen LogP contribution in [0.25, 0.3) is 6.08 Å². The van der Waals surface area contributed by atoms with E-state index in [0.717, 1.165) is 23.3 Å². The van der Waals surface area contributed by atoms with Gasteiger partial charge in [-0.15, -0.1) is 11.3 Å². The van der Waals surface area contributed by atoms with E-state index < -0.39 is 0 Å². The van der Waals surface area contributed by atoms with E-state index in [1.807, 2.05) is 36.6 Å². The van der Waals surface area contributed by atoms with Crippen LogP contribution < -0.4 is 10.6 Å². The molecular weight excluding hydrogens is 320 g/mol. The molecule has 5 heteroatoms. The topological polar surface area (TPSA) is 58.2 Å². The third-order valence-corrected chi connectivity index (χ3v) is 4.24. The Bertz CT molecular complexity index is 721. The molecule has 0 radical (unpaired) electrons. The lowest BCUT2D eigenvalue weighted by Gasteiger charge is -2.11. The Morgan fingerprint density at radius 1 is 1.21 bits per heavy atom. The van der Waals surface area contributed by atoms with Gasteiger partial charge in [0, 0.05) is 17.0 Å². The van der Waals surface area contributed by atoms with Gasteiger partial charge in [-0.05, 0) is 43.0 Å². The largest absolute Gasteiger partial charge is 0.351 e. The van der Waals surface area contributed by atoms with Crippen molar-refractivity contribution in [3.05, 3.63) is 63.5 Å². The second kappa shape index (κ2) is 9.03. The quantitative estimate of drug-likeness (QED) is 0.595. The summed E-state index contributed by atoms with van der Waals surface area (Å²) in [5.74, 6) is -0.551. The summed E-state index contributed by atoms with van der Waals surface area (Å²) < 4.78 is 0. The maximum Gasteiger partial charge on any atom is 0.267 e. The predicted octanol–water partition coefficient (Wildman–Crippen LogP) is 3.74. The van der Waals surface area contributed by atoms with E-state index in [0.29, 0.717) is 12.1 Å². The highest BCUT2D eigenvalue weighted by Gasteiger charge is 2.14. The summed E-state index contributed by atoms with van der Waals surface area (Å²) in [6.45, 7) is 4.59. The first kappa shape index (κ1) is 17.9. The van der Waals surface area contributed by atoms with E-state index in [-0.39, 0.29) is 17.5 Å². The zero-order valence-corrected chi connectivity index (χ0v) is 14.8. The predicted molar refractivity (Wildman–Crippen MR) is 98.9 cm³/mol. The van der Waals surface area contributed by atoms with Crippen LogP contribution in [0.1, 0.15) is 40.6 Å². The van der Waals surface area contributed by atoms with Gasteiger partial charge in [0.1, 0.15) is 5.70 Å². The molecule has 0 fully saturated rings. The molecule has 0 unspecified atom stereocenters. The molecule has 1 aromatic carbocycles. The van der Waals surface area contributed by atoms with Gasteiger partial charge in [-0.2, -0.15) is 0 Å². The SMILES string of the molecule is CCCCNC(=O)/C(=C/c1cccs1)NC(=O)c1cccc(C)c1. The minimum Gasteiger partial charge on any atom is -0.351 e. The maximum atomic E-state index is 12.4. The number of aryl methyl sites for hydroxylation is 1. The van der Waals surface area contributed by atoms with Crippen molar-refractivity contribution in [3.63, 3.8) is 0 Å². The summed E-state index contributed by atoms with van der Waals surface area (Å²) in [5, 5.41) is 7.52. The van der Waals surface area contributed by atoms with Gasteiger partial charge in [0.25, 0.3) is 11.8 Å². The first-order valence-corrected chi connectivity index (χ1v) is 8.89. The first-order valence-electron chi connectivity index (χ1n) is 8.01. The minimum absolute atomic E-state index is 0.264. The van der Waals surface area contributed by atoms with Crippen molar-refractivity contribution in [2.45, 2.75) is 26.7 Å². The highest BCUT2D eigenvalue weighted by Crippen LogP contribution is 2.13. The zero-order chi connectivity index (χ0) is 17.4. The van der Waals surface area contributed by atoms with Crippen molar-refractivity contribution in [2.75, 3.05) is 6.54 Å². The normalized spacial score (nSPS) is 11.2. The Morgan fingerprint density at radius 3 is 2.71 bits per heavy atom. The van der Waals surface area contributed by atoms with Gasteiger partial charge in [0.2, 0.25) is 0 Å². The number of amides is 2. The smallest absolute Gasteiger partial charge is 0.267 e. The molecule has 0 bridgehead atoms. The summed E-state index contributed by atoms with van der Waals surface area (Å²) in [6, 6.07) is 11.1.